The first-order chi connectivity index (χ1) is 11.2. The fourth-order valence-electron chi connectivity index (χ4n) is 1.49. The summed E-state index contributed by atoms with van der Waals surface area (Å²) in [6, 6.07) is 2.07. The van der Waals surface area contributed by atoms with Gasteiger partial charge in [0, 0.05) is 11.4 Å². The van der Waals surface area contributed by atoms with E-state index in [4.69, 9.17) is 10.2 Å². The second kappa shape index (κ2) is 8.62. The molecule has 0 aromatic heterocycles. The van der Waals surface area contributed by atoms with Crippen molar-refractivity contribution in [2.45, 2.75) is 6.04 Å². The van der Waals surface area contributed by atoms with E-state index in [2.05, 4.69) is 28.0 Å². The Kier molecular flexibility index (Phi) is 6.86. The molecule has 0 fully saturated rings. The van der Waals surface area contributed by atoms with E-state index < -0.39 is 47.9 Å². The summed E-state index contributed by atoms with van der Waals surface area (Å²) in [5.74, 6) is -4.14. The highest BCUT2D eigenvalue weighted by atomic mass is 32.1. The number of benzene rings is 1. The molecule has 0 aliphatic heterocycles. The fraction of sp³-hybridized carbons (Fsp3) is 0.231. The number of rotatable bonds is 7. The quantitative estimate of drug-likeness (QED) is 0.296. The molecule has 1 atom stereocenters. The molecule has 0 spiro atoms. The van der Waals surface area contributed by atoms with E-state index in [-0.39, 0.29) is 11.4 Å². The lowest BCUT2D eigenvalue weighted by molar-refractivity contribution is -0.141. The third-order valence-corrected chi connectivity index (χ3v) is 2.99. The third kappa shape index (κ3) is 5.68. The summed E-state index contributed by atoms with van der Waals surface area (Å²) >= 11 is 3.75. The van der Waals surface area contributed by atoms with E-state index in [1.807, 2.05) is 0 Å². The lowest BCUT2D eigenvalue weighted by Crippen LogP contribution is -2.44. The van der Waals surface area contributed by atoms with Gasteiger partial charge in [0.1, 0.15) is 17.4 Å². The van der Waals surface area contributed by atoms with Crippen molar-refractivity contribution in [3.05, 3.63) is 23.8 Å². The highest BCUT2D eigenvalue weighted by Crippen LogP contribution is 2.21. The molecule has 0 aliphatic rings. The van der Waals surface area contributed by atoms with Crippen LogP contribution >= 0.6 is 12.6 Å². The number of thiol groups is 1. The summed E-state index contributed by atoms with van der Waals surface area (Å²) in [6.07, 6.45) is -1.06. The summed E-state index contributed by atoms with van der Waals surface area (Å²) in [6.45, 7) is -0.743. The highest BCUT2D eigenvalue weighted by molar-refractivity contribution is 7.80. The van der Waals surface area contributed by atoms with E-state index in [9.17, 15) is 24.3 Å². The van der Waals surface area contributed by atoms with Crippen molar-refractivity contribution in [3.8, 4) is 5.75 Å². The molecule has 0 heterocycles. The van der Waals surface area contributed by atoms with Gasteiger partial charge in [-0.2, -0.15) is 12.6 Å². The monoisotopic (exact) mass is 358 g/mol. The zero-order valence-corrected chi connectivity index (χ0v) is 12.9. The second-order valence-electron chi connectivity index (χ2n) is 4.38. The first kappa shape index (κ1) is 19.1. The molecule has 5 N–H and O–H groups in total. The van der Waals surface area contributed by atoms with Gasteiger partial charge < -0.3 is 25.4 Å². The maximum Gasteiger partial charge on any atom is 0.412 e. The Labute approximate surface area is 140 Å². The maximum atomic E-state index is 11.5. The van der Waals surface area contributed by atoms with Crippen LogP contribution < -0.4 is 10.6 Å². The number of amides is 2. The molecule has 2 amide bonds. The first-order valence-corrected chi connectivity index (χ1v) is 7.01. The number of aromatic hydroxyl groups is 1. The minimum Gasteiger partial charge on any atom is -0.507 e. The Hall–Kier alpha value is -2.95. The number of carbonyl (C=O) groups excluding carboxylic acids is 2. The van der Waals surface area contributed by atoms with Crippen LogP contribution in [0.1, 0.15) is 10.4 Å². The number of hydrogen-bond donors (Lipinski definition) is 6. The van der Waals surface area contributed by atoms with Gasteiger partial charge in [0.05, 0.1) is 0 Å². The van der Waals surface area contributed by atoms with Crippen LogP contribution in [0.5, 0.6) is 5.75 Å². The molecule has 1 aromatic rings. The molecule has 24 heavy (non-hydrogen) atoms. The number of carbonyl (C=O) groups is 4. The second-order valence-corrected chi connectivity index (χ2v) is 4.74. The van der Waals surface area contributed by atoms with Gasteiger partial charge in [0.25, 0.3) is 5.91 Å². The topological polar surface area (TPSA) is 162 Å². The fourth-order valence-corrected chi connectivity index (χ4v) is 1.74. The van der Waals surface area contributed by atoms with Crippen molar-refractivity contribution in [1.82, 2.24) is 5.32 Å². The van der Waals surface area contributed by atoms with Gasteiger partial charge in [-0.3, -0.25) is 10.1 Å². The number of carboxylic acids is 2. The van der Waals surface area contributed by atoms with Crippen LogP contribution in [0.4, 0.5) is 10.5 Å². The van der Waals surface area contributed by atoms with Crippen molar-refractivity contribution < 1.29 is 39.2 Å². The lowest BCUT2D eigenvalue weighted by Gasteiger charge is -2.12. The Balaban J connectivity index is 2.55. The SMILES string of the molecule is O=C(COC(=O)Nc1ccc(O)c(C(=O)O)c1)NC(CS)C(=O)O. The smallest absolute Gasteiger partial charge is 0.412 e. The number of anilines is 1. The normalized spacial score (nSPS) is 11.2. The number of aromatic carboxylic acids is 1. The van der Waals surface area contributed by atoms with E-state index in [1.54, 1.807) is 0 Å². The molecular formula is C13H14N2O8S. The molecule has 0 saturated carbocycles. The maximum absolute atomic E-state index is 11.5. The van der Waals surface area contributed by atoms with Gasteiger partial charge in [-0.25, -0.2) is 14.4 Å². The summed E-state index contributed by atoms with van der Waals surface area (Å²) < 4.78 is 4.57. The van der Waals surface area contributed by atoms with E-state index in [0.29, 0.717) is 0 Å². The predicted octanol–water partition coefficient (Wildman–Crippen LogP) is 0.138. The van der Waals surface area contributed by atoms with Gasteiger partial charge >= 0.3 is 18.0 Å². The first-order valence-electron chi connectivity index (χ1n) is 6.37. The molecule has 0 aliphatic carbocycles. The van der Waals surface area contributed by atoms with Crippen molar-refractivity contribution in [3.63, 3.8) is 0 Å². The minimum atomic E-state index is -1.39. The van der Waals surface area contributed by atoms with Crippen molar-refractivity contribution in [2.75, 3.05) is 17.7 Å². The number of nitrogens with one attached hydrogen (secondary N) is 2. The van der Waals surface area contributed by atoms with Crippen LogP contribution in [0.15, 0.2) is 18.2 Å². The number of carboxylic acid groups (broad SMARTS) is 2. The van der Waals surface area contributed by atoms with Crippen LogP contribution in [-0.2, 0) is 14.3 Å². The lowest BCUT2D eigenvalue weighted by atomic mass is 10.2. The number of phenols is 1. The van der Waals surface area contributed by atoms with Crippen molar-refractivity contribution >= 4 is 42.3 Å². The van der Waals surface area contributed by atoms with E-state index >= 15 is 0 Å². The molecule has 1 unspecified atom stereocenters. The van der Waals surface area contributed by atoms with Gasteiger partial charge in [0.2, 0.25) is 0 Å². The molecule has 10 nitrogen and oxygen atoms in total. The number of aliphatic carboxylic acids is 1. The minimum absolute atomic E-state index is 0.0226. The molecule has 1 aromatic carbocycles. The Bertz CT molecular complexity index is 663. The summed E-state index contributed by atoms with van der Waals surface area (Å²) in [7, 11) is 0. The Morgan fingerprint density at radius 2 is 1.88 bits per heavy atom. The molecule has 11 heteroatoms. The van der Waals surface area contributed by atoms with E-state index in [0.717, 1.165) is 12.1 Å². The largest absolute Gasteiger partial charge is 0.507 e. The third-order valence-electron chi connectivity index (χ3n) is 2.62. The average Bonchev–Trinajstić information content (AvgIpc) is 2.51. The zero-order chi connectivity index (χ0) is 18.3. The van der Waals surface area contributed by atoms with Crippen LogP contribution in [0.2, 0.25) is 0 Å². The van der Waals surface area contributed by atoms with Gasteiger partial charge in [-0.1, -0.05) is 0 Å². The summed E-state index contributed by atoms with van der Waals surface area (Å²) in [5, 5.41) is 31.2. The molecule has 1 rings (SSSR count). The number of ether oxygens (including phenoxy) is 1. The Morgan fingerprint density at radius 1 is 1.21 bits per heavy atom. The van der Waals surface area contributed by atoms with Crippen molar-refractivity contribution in [2.24, 2.45) is 0 Å². The molecule has 130 valence electrons. The highest BCUT2D eigenvalue weighted by Gasteiger charge is 2.19. The van der Waals surface area contributed by atoms with Gasteiger partial charge in [0.15, 0.2) is 6.61 Å². The van der Waals surface area contributed by atoms with Crippen LogP contribution in [0.3, 0.4) is 0 Å². The average molecular weight is 358 g/mol. The van der Waals surface area contributed by atoms with Gasteiger partial charge in [-0.15, -0.1) is 0 Å². The molecule has 0 bridgehead atoms. The summed E-state index contributed by atoms with van der Waals surface area (Å²) in [4.78, 5) is 44.5. The van der Waals surface area contributed by atoms with Crippen LogP contribution in [-0.4, -0.2) is 57.7 Å². The summed E-state index contributed by atoms with van der Waals surface area (Å²) in [5.41, 5.74) is -0.405. The van der Waals surface area contributed by atoms with E-state index in [1.165, 1.54) is 6.07 Å². The van der Waals surface area contributed by atoms with Crippen LogP contribution in [0.25, 0.3) is 0 Å². The van der Waals surface area contributed by atoms with Crippen molar-refractivity contribution in [1.29, 1.82) is 0 Å². The van der Waals surface area contributed by atoms with Crippen LogP contribution in [0, 0.1) is 0 Å². The zero-order valence-electron chi connectivity index (χ0n) is 12.1. The Morgan fingerprint density at radius 3 is 2.42 bits per heavy atom. The molecule has 0 saturated heterocycles. The predicted molar refractivity (Wildman–Crippen MR) is 83.5 cm³/mol. The number of hydrogen-bond acceptors (Lipinski definition) is 7. The molecule has 0 radical (unpaired) electrons. The molecular weight excluding hydrogens is 344 g/mol. The standard InChI is InChI=1S/C13H14N2O8S/c16-9-2-1-6(3-7(9)11(18)19)14-13(22)23-4-10(17)15-8(5-24)12(20)21/h1-3,8,16,24H,4-5H2,(H,14,22)(H,15,17)(H,18,19)(H,20,21). The van der Waals surface area contributed by atoms with Gasteiger partial charge in [-0.05, 0) is 18.2 Å².